The lowest BCUT2D eigenvalue weighted by Crippen LogP contribution is -2.10. The van der Waals surface area contributed by atoms with Crippen LogP contribution >= 0.6 is 11.6 Å². The van der Waals surface area contributed by atoms with E-state index in [2.05, 4.69) is 15.5 Å². The van der Waals surface area contributed by atoms with Crippen LogP contribution < -0.4 is 5.32 Å². The molecule has 0 unspecified atom stereocenters. The van der Waals surface area contributed by atoms with Crippen molar-refractivity contribution in [2.45, 2.75) is 13.1 Å². The first-order chi connectivity index (χ1) is 13.2. The molecular weight excluding hydrogens is 366 g/mol. The second-order valence-corrected chi connectivity index (χ2v) is 6.42. The Morgan fingerprint density at radius 2 is 2.04 bits per heavy atom. The molecule has 1 amide bonds. The number of hydrogen-bond acceptors (Lipinski definition) is 4. The average molecular weight is 382 g/mol. The van der Waals surface area contributed by atoms with E-state index in [1.165, 1.54) is 0 Å². The Hall–Kier alpha value is -3.32. The van der Waals surface area contributed by atoms with Gasteiger partial charge >= 0.3 is 0 Å². The molecule has 4 aromatic rings. The molecule has 3 heterocycles. The first-order valence-corrected chi connectivity index (χ1v) is 8.68. The van der Waals surface area contributed by atoms with Gasteiger partial charge in [-0.2, -0.15) is 10.2 Å². The lowest BCUT2D eigenvalue weighted by Gasteiger charge is -2.02. The molecule has 0 aliphatic rings. The molecule has 1 aromatic carbocycles. The third-order valence-electron chi connectivity index (χ3n) is 3.89. The molecular formula is C19H16ClN5O2. The average Bonchev–Trinajstić information content (AvgIpc) is 3.38. The fourth-order valence-electron chi connectivity index (χ4n) is 2.67. The van der Waals surface area contributed by atoms with Crippen LogP contribution in [-0.4, -0.2) is 25.5 Å². The van der Waals surface area contributed by atoms with E-state index in [-0.39, 0.29) is 11.7 Å². The van der Waals surface area contributed by atoms with Crippen LogP contribution in [0.4, 0.5) is 5.69 Å². The largest absolute Gasteiger partial charge is 0.454 e. The van der Waals surface area contributed by atoms with Crippen LogP contribution in [0.2, 0.25) is 5.02 Å². The molecule has 0 spiro atoms. The molecule has 8 heteroatoms. The van der Waals surface area contributed by atoms with Crippen molar-refractivity contribution in [2.24, 2.45) is 0 Å². The molecule has 0 atom stereocenters. The van der Waals surface area contributed by atoms with E-state index in [1.807, 2.05) is 36.5 Å². The maximum atomic E-state index is 12.4. The predicted molar refractivity (Wildman–Crippen MR) is 101 cm³/mol. The van der Waals surface area contributed by atoms with Crippen molar-refractivity contribution >= 4 is 23.2 Å². The normalized spacial score (nSPS) is 10.9. The standard InChI is InChI=1S/C19H16ClN5O2/c20-15-4-1-3-14(9-15)11-25-12-16(10-22-25)23-19(26)18-6-5-17(27-18)13-24-8-2-7-21-24/h1-10,12H,11,13H2,(H,23,26). The summed E-state index contributed by atoms with van der Waals surface area (Å²) in [5, 5.41) is 11.8. The summed E-state index contributed by atoms with van der Waals surface area (Å²) in [5.41, 5.74) is 1.62. The molecule has 136 valence electrons. The number of anilines is 1. The summed E-state index contributed by atoms with van der Waals surface area (Å²) in [6, 6.07) is 12.8. The Bertz CT molecular complexity index is 1050. The molecule has 4 rings (SSSR count). The Labute approximate surface area is 160 Å². The SMILES string of the molecule is O=C(Nc1cnn(Cc2cccc(Cl)c2)c1)c1ccc(Cn2cccn2)o1. The second-order valence-electron chi connectivity index (χ2n) is 5.98. The van der Waals surface area contributed by atoms with Crippen molar-refractivity contribution in [3.8, 4) is 0 Å². The maximum Gasteiger partial charge on any atom is 0.291 e. The first-order valence-electron chi connectivity index (χ1n) is 8.30. The van der Waals surface area contributed by atoms with Crippen molar-refractivity contribution in [3.05, 3.63) is 89.4 Å². The quantitative estimate of drug-likeness (QED) is 0.552. The van der Waals surface area contributed by atoms with Gasteiger partial charge in [0.25, 0.3) is 5.91 Å². The zero-order valence-corrected chi connectivity index (χ0v) is 15.0. The van der Waals surface area contributed by atoms with Crippen LogP contribution in [0.5, 0.6) is 0 Å². The van der Waals surface area contributed by atoms with Crippen LogP contribution in [0.3, 0.4) is 0 Å². The van der Waals surface area contributed by atoms with Crippen molar-refractivity contribution in [1.29, 1.82) is 0 Å². The number of hydrogen-bond donors (Lipinski definition) is 1. The number of carbonyl (C=O) groups excluding carboxylic acids is 1. The Morgan fingerprint density at radius 3 is 2.85 bits per heavy atom. The minimum absolute atomic E-state index is 0.236. The summed E-state index contributed by atoms with van der Waals surface area (Å²) in [6.07, 6.45) is 6.87. The number of furan rings is 1. The summed E-state index contributed by atoms with van der Waals surface area (Å²) in [6.45, 7) is 1.03. The van der Waals surface area contributed by atoms with Gasteiger partial charge in [0.2, 0.25) is 0 Å². The van der Waals surface area contributed by atoms with Crippen molar-refractivity contribution < 1.29 is 9.21 Å². The number of rotatable bonds is 6. The highest BCUT2D eigenvalue weighted by molar-refractivity contribution is 6.30. The summed E-state index contributed by atoms with van der Waals surface area (Å²) >= 11 is 6.00. The zero-order valence-electron chi connectivity index (χ0n) is 14.2. The van der Waals surface area contributed by atoms with Crippen molar-refractivity contribution in [2.75, 3.05) is 5.32 Å². The number of amides is 1. The summed E-state index contributed by atoms with van der Waals surface area (Å²) in [5.74, 6) is 0.560. The van der Waals surface area contributed by atoms with E-state index in [9.17, 15) is 4.79 Å². The minimum atomic E-state index is -0.330. The molecule has 0 saturated carbocycles. The van der Waals surface area contributed by atoms with E-state index < -0.39 is 0 Å². The molecule has 27 heavy (non-hydrogen) atoms. The van der Waals surface area contributed by atoms with Gasteiger partial charge in [-0.05, 0) is 35.9 Å². The van der Waals surface area contributed by atoms with Gasteiger partial charge in [-0.1, -0.05) is 23.7 Å². The molecule has 3 aromatic heterocycles. The van der Waals surface area contributed by atoms with Gasteiger partial charge in [-0.3, -0.25) is 14.2 Å². The van der Waals surface area contributed by atoms with E-state index in [4.69, 9.17) is 16.0 Å². The number of nitrogens with one attached hydrogen (secondary N) is 1. The van der Waals surface area contributed by atoms with Crippen LogP contribution in [0.25, 0.3) is 0 Å². The molecule has 0 bridgehead atoms. The summed E-state index contributed by atoms with van der Waals surface area (Å²) < 4.78 is 9.04. The molecule has 0 saturated heterocycles. The Kier molecular flexibility index (Phi) is 4.76. The monoisotopic (exact) mass is 381 g/mol. The van der Waals surface area contributed by atoms with Crippen molar-refractivity contribution in [3.63, 3.8) is 0 Å². The Morgan fingerprint density at radius 1 is 1.11 bits per heavy atom. The molecule has 0 aliphatic carbocycles. The summed E-state index contributed by atoms with van der Waals surface area (Å²) in [4.78, 5) is 12.4. The highest BCUT2D eigenvalue weighted by atomic mass is 35.5. The van der Waals surface area contributed by atoms with Gasteiger partial charge in [-0.15, -0.1) is 0 Å². The molecule has 0 radical (unpaired) electrons. The van der Waals surface area contributed by atoms with E-state index in [0.717, 1.165) is 5.56 Å². The lowest BCUT2D eigenvalue weighted by molar-refractivity contribution is 0.0994. The van der Waals surface area contributed by atoms with E-state index in [1.54, 1.807) is 40.1 Å². The number of benzene rings is 1. The van der Waals surface area contributed by atoms with Gasteiger partial charge in [-0.25, -0.2) is 0 Å². The van der Waals surface area contributed by atoms with Gasteiger partial charge in [0.15, 0.2) is 5.76 Å². The van der Waals surface area contributed by atoms with Gasteiger partial charge < -0.3 is 9.73 Å². The Balaban J connectivity index is 1.38. The van der Waals surface area contributed by atoms with Crippen molar-refractivity contribution in [1.82, 2.24) is 19.6 Å². The highest BCUT2D eigenvalue weighted by Gasteiger charge is 2.13. The number of aromatic nitrogens is 4. The van der Waals surface area contributed by atoms with Gasteiger partial charge in [0.1, 0.15) is 5.76 Å². The zero-order chi connectivity index (χ0) is 18.6. The van der Waals surface area contributed by atoms with Crippen LogP contribution in [-0.2, 0) is 13.1 Å². The fraction of sp³-hybridized carbons (Fsp3) is 0.105. The third-order valence-corrected chi connectivity index (χ3v) is 4.12. The van der Waals surface area contributed by atoms with Gasteiger partial charge in [0.05, 0.1) is 25.0 Å². The molecule has 0 fully saturated rings. The second kappa shape index (κ2) is 7.51. The third kappa shape index (κ3) is 4.27. The van der Waals surface area contributed by atoms with E-state index >= 15 is 0 Å². The molecule has 1 N–H and O–H groups in total. The first kappa shape index (κ1) is 17.1. The smallest absolute Gasteiger partial charge is 0.291 e. The number of halogens is 1. The predicted octanol–water partition coefficient (Wildman–Crippen LogP) is 3.67. The highest BCUT2D eigenvalue weighted by Crippen LogP contribution is 2.15. The van der Waals surface area contributed by atoms with Gasteiger partial charge in [0, 0.05) is 23.6 Å². The number of carbonyl (C=O) groups is 1. The van der Waals surface area contributed by atoms with Crippen LogP contribution in [0, 0.1) is 0 Å². The van der Waals surface area contributed by atoms with Crippen LogP contribution in [0.15, 0.2) is 71.7 Å². The molecule has 0 aliphatic heterocycles. The topological polar surface area (TPSA) is 77.9 Å². The number of nitrogens with zero attached hydrogens (tertiary/aromatic N) is 4. The van der Waals surface area contributed by atoms with Crippen LogP contribution in [0.1, 0.15) is 21.9 Å². The summed E-state index contributed by atoms with van der Waals surface area (Å²) in [7, 11) is 0. The molecule has 7 nitrogen and oxygen atoms in total. The van der Waals surface area contributed by atoms with E-state index in [0.29, 0.717) is 29.6 Å². The minimum Gasteiger partial charge on any atom is -0.454 e. The lowest BCUT2D eigenvalue weighted by atomic mass is 10.2. The fourth-order valence-corrected chi connectivity index (χ4v) is 2.88. The maximum absolute atomic E-state index is 12.4.